The van der Waals surface area contributed by atoms with E-state index in [0.717, 1.165) is 31.0 Å². The van der Waals surface area contributed by atoms with Crippen molar-refractivity contribution in [2.45, 2.75) is 25.8 Å². The van der Waals surface area contributed by atoms with Crippen LogP contribution in [-0.4, -0.2) is 40.6 Å². The van der Waals surface area contributed by atoms with Crippen LogP contribution in [0, 0.1) is 0 Å². The summed E-state index contributed by atoms with van der Waals surface area (Å²) in [4.78, 5) is 7.38. The fraction of sp³-hybridized carbons (Fsp3) is 0.381. The van der Waals surface area contributed by atoms with Crippen molar-refractivity contribution in [1.29, 1.82) is 0 Å². The molecule has 4 nitrogen and oxygen atoms in total. The van der Waals surface area contributed by atoms with E-state index in [1.54, 1.807) is 0 Å². The van der Waals surface area contributed by atoms with E-state index in [-0.39, 0.29) is 0 Å². The summed E-state index contributed by atoms with van der Waals surface area (Å²) in [6.45, 7) is 5.54. The Morgan fingerprint density at radius 1 is 0.920 bits per heavy atom. The second kappa shape index (κ2) is 7.70. The van der Waals surface area contributed by atoms with Crippen LogP contribution in [0.3, 0.4) is 0 Å². The standard InChI is InChI=1S/C21H26N4/c1-2-9-18(10-3-1)17-25-20-12-5-4-11-19(20)23-21(25)22-13-8-16-24-14-6-7-15-24/h1-5,9-12H,6-8,13-17H2,(H,22,23). The first-order valence-electron chi connectivity index (χ1n) is 9.35. The molecule has 2 aromatic carbocycles. The number of nitrogens with one attached hydrogen (secondary N) is 1. The zero-order valence-corrected chi connectivity index (χ0v) is 14.7. The Labute approximate surface area is 149 Å². The third-order valence-corrected chi connectivity index (χ3v) is 4.97. The minimum Gasteiger partial charge on any atom is -0.356 e. The molecule has 0 atom stereocenters. The quantitative estimate of drug-likeness (QED) is 0.663. The zero-order chi connectivity index (χ0) is 16.9. The molecular weight excluding hydrogens is 308 g/mol. The highest BCUT2D eigenvalue weighted by molar-refractivity contribution is 5.78. The van der Waals surface area contributed by atoms with E-state index in [4.69, 9.17) is 4.98 Å². The minimum atomic E-state index is 0.843. The number of benzene rings is 2. The van der Waals surface area contributed by atoms with Crippen LogP contribution >= 0.6 is 0 Å². The highest BCUT2D eigenvalue weighted by Crippen LogP contribution is 2.21. The number of para-hydroxylation sites is 2. The third-order valence-electron chi connectivity index (χ3n) is 4.97. The molecule has 1 aliphatic heterocycles. The Balaban J connectivity index is 1.48. The molecule has 0 bridgehead atoms. The minimum absolute atomic E-state index is 0.843. The third kappa shape index (κ3) is 3.85. The van der Waals surface area contributed by atoms with Crippen LogP contribution < -0.4 is 5.32 Å². The summed E-state index contributed by atoms with van der Waals surface area (Å²) in [7, 11) is 0. The summed E-state index contributed by atoms with van der Waals surface area (Å²) in [6.07, 6.45) is 3.88. The van der Waals surface area contributed by atoms with Gasteiger partial charge in [-0.15, -0.1) is 0 Å². The van der Waals surface area contributed by atoms with E-state index < -0.39 is 0 Å². The molecule has 0 amide bonds. The topological polar surface area (TPSA) is 33.1 Å². The molecule has 1 N–H and O–H groups in total. The molecule has 1 saturated heterocycles. The van der Waals surface area contributed by atoms with Crippen LogP contribution in [0.1, 0.15) is 24.8 Å². The maximum Gasteiger partial charge on any atom is 0.204 e. The van der Waals surface area contributed by atoms with Crippen LogP contribution in [0.2, 0.25) is 0 Å². The van der Waals surface area contributed by atoms with Crippen molar-refractivity contribution in [3.63, 3.8) is 0 Å². The molecule has 1 aromatic heterocycles. The van der Waals surface area contributed by atoms with Crippen molar-refractivity contribution in [3.8, 4) is 0 Å². The molecule has 3 aromatic rings. The van der Waals surface area contributed by atoms with E-state index in [0.29, 0.717) is 0 Å². The lowest BCUT2D eigenvalue weighted by Crippen LogP contribution is -2.22. The molecule has 0 radical (unpaired) electrons. The number of aromatic nitrogens is 2. The van der Waals surface area contributed by atoms with Gasteiger partial charge in [0.2, 0.25) is 5.95 Å². The number of imidazole rings is 1. The summed E-state index contributed by atoms with van der Waals surface area (Å²) >= 11 is 0. The Kier molecular flexibility index (Phi) is 4.98. The van der Waals surface area contributed by atoms with Crippen molar-refractivity contribution in [1.82, 2.24) is 14.5 Å². The Hall–Kier alpha value is -2.33. The van der Waals surface area contributed by atoms with Gasteiger partial charge in [0.1, 0.15) is 0 Å². The highest BCUT2D eigenvalue weighted by atomic mass is 15.2. The summed E-state index contributed by atoms with van der Waals surface area (Å²) in [5.74, 6) is 0.978. The number of anilines is 1. The largest absolute Gasteiger partial charge is 0.356 e. The average molecular weight is 334 g/mol. The molecule has 4 heteroatoms. The van der Waals surface area contributed by atoms with E-state index in [1.165, 1.54) is 43.6 Å². The molecular formula is C21H26N4. The second-order valence-corrected chi connectivity index (χ2v) is 6.82. The van der Waals surface area contributed by atoms with E-state index in [2.05, 4.69) is 69.4 Å². The maximum absolute atomic E-state index is 4.82. The molecule has 4 rings (SSSR count). The van der Waals surface area contributed by atoms with Crippen LogP contribution in [0.15, 0.2) is 54.6 Å². The number of hydrogen-bond acceptors (Lipinski definition) is 3. The van der Waals surface area contributed by atoms with Gasteiger partial charge in [0.25, 0.3) is 0 Å². The second-order valence-electron chi connectivity index (χ2n) is 6.82. The molecule has 130 valence electrons. The Morgan fingerprint density at radius 2 is 1.68 bits per heavy atom. The van der Waals surface area contributed by atoms with Crippen molar-refractivity contribution >= 4 is 17.0 Å². The molecule has 2 heterocycles. The fourth-order valence-electron chi connectivity index (χ4n) is 3.65. The van der Waals surface area contributed by atoms with Crippen molar-refractivity contribution < 1.29 is 0 Å². The van der Waals surface area contributed by atoms with E-state index in [1.807, 2.05) is 0 Å². The summed E-state index contributed by atoms with van der Waals surface area (Å²) < 4.78 is 2.29. The van der Waals surface area contributed by atoms with Gasteiger partial charge in [0, 0.05) is 6.54 Å². The van der Waals surface area contributed by atoms with Crippen LogP contribution in [0.25, 0.3) is 11.0 Å². The van der Waals surface area contributed by atoms with Crippen molar-refractivity contribution in [2.75, 3.05) is 31.5 Å². The monoisotopic (exact) mass is 334 g/mol. The maximum atomic E-state index is 4.82. The predicted octanol–water partition coefficient (Wildman–Crippen LogP) is 3.98. The number of rotatable bonds is 7. The first kappa shape index (κ1) is 16.2. The predicted molar refractivity (Wildman–Crippen MR) is 104 cm³/mol. The van der Waals surface area contributed by atoms with Gasteiger partial charge >= 0.3 is 0 Å². The molecule has 0 saturated carbocycles. The molecule has 0 spiro atoms. The van der Waals surface area contributed by atoms with Gasteiger partial charge in [-0.1, -0.05) is 42.5 Å². The van der Waals surface area contributed by atoms with E-state index >= 15 is 0 Å². The Morgan fingerprint density at radius 3 is 2.52 bits per heavy atom. The molecule has 0 unspecified atom stereocenters. The number of hydrogen-bond donors (Lipinski definition) is 1. The Bertz CT molecular complexity index is 803. The lowest BCUT2D eigenvalue weighted by atomic mass is 10.2. The highest BCUT2D eigenvalue weighted by Gasteiger charge is 2.12. The van der Waals surface area contributed by atoms with E-state index in [9.17, 15) is 0 Å². The van der Waals surface area contributed by atoms with Crippen molar-refractivity contribution in [2.24, 2.45) is 0 Å². The van der Waals surface area contributed by atoms with Crippen LogP contribution in [-0.2, 0) is 6.54 Å². The lowest BCUT2D eigenvalue weighted by molar-refractivity contribution is 0.337. The normalized spacial score (nSPS) is 15.0. The van der Waals surface area contributed by atoms with Crippen LogP contribution in [0.4, 0.5) is 5.95 Å². The van der Waals surface area contributed by atoms with Gasteiger partial charge in [-0.05, 0) is 56.6 Å². The number of likely N-dealkylation sites (tertiary alicyclic amines) is 1. The van der Waals surface area contributed by atoms with Gasteiger partial charge in [0.05, 0.1) is 17.6 Å². The number of fused-ring (bicyclic) bond motifs is 1. The summed E-state index contributed by atoms with van der Waals surface area (Å²) in [6, 6.07) is 19.0. The zero-order valence-electron chi connectivity index (χ0n) is 14.7. The number of nitrogens with zero attached hydrogens (tertiary/aromatic N) is 3. The first-order chi connectivity index (χ1) is 12.4. The SMILES string of the molecule is c1ccc(Cn2c(NCCCN3CCCC3)nc3ccccc32)cc1. The average Bonchev–Trinajstić information content (AvgIpc) is 3.28. The lowest BCUT2D eigenvalue weighted by Gasteiger charge is -2.15. The molecule has 1 fully saturated rings. The van der Waals surface area contributed by atoms with Crippen LogP contribution in [0.5, 0.6) is 0 Å². The smallest absolute Gasteiger partial charge is 0.204 e. The van der Waals surface area contributed by atoms with Gasteiger partial charge in [-0.3, -0.25) is 0 Å². The van der Waals surface area contributed by atoms with Crippen molar-refractivity contribution in [3.05, 3.63) is 60.2 Å². The molecule has 1 aliphatic rings. The van der Waals surface area contributed by atoms with Gasteiger partial charge < -0.3 is 14.8 Å². The molecule has 0 aliphatic carbocycles. The summed E-state index contributed by atoms with van der Waals surface area (Å²) in [5, 5.41) is 3.57. The fourth-order valence-corrected chi connectivity index (χ4v) is 3.65. The van der Waals surface area contributed by atoms with Gasteiger partial charge in [-0.25, -0.2) is 4.98 Å². The van der Waals surface area contributed by atoms with Gasteiger partial charge in [-0.2, -0.15) is 0 Å². The first-order valence-corrected chi connectivity index (χ1v) is 9.35. The summed E-state index contributed by atoms with van der Waals surface area (Å²) in [5.41, 5.74) is 3.54. The van der Waals surface area contributed by atoms with Gasteiger partial charge in [0.15, 0.2) is 0 Å². The molecule has 25 heavy (non-hydrogen) atoms.